The summed E-state index contributed by atoms with van der Waals surface area (Å²) in [5, 5.41) is 3.27. The minimum Gasteiger partial charge on any atom is -0.319 e. The van der Waals surface area contributed by atoms with Crippen molar-refractivity contribution in [3.05, 3.63) is 46.8 Å². The van der Waals surface area contributed by atoms with Crippen LogP contribution in [0, 0.1) is 6.92 Å². The molecule has 0 saturated carbocycles. The van der Waals surface area contributed by atoms with Crippen LogP contribution in [0.5, 0.6) is 0 Å². The molecular formula is C16H21NS. The maximum Gasteiger partial charge on any atom is 0.0348 e. The zero-order valence-electron chi connectivity index (χ0n) is 11.6. The number of likely N-dealkylation sites (N-methyl/N-ethyl adjacent to an activating group) is 1. The van der Waals surface area contributed by atoms with E-state index >= 15 is 0 Å². The fourth-order valence-electron chi connectivity index (χ4n) is 2.22. The fraction of sp³-hybridized carbons (Fsp3) is 0.375. The van der Waals surface area contributed by atoms with Gasteiger partial charge in [0.2, 0.25) is 0 Å². The van der Waals surface area contributed by atoms with Crippen molar-refractivity contribution in [1.29, 1.82) is 0 Å². The monoisotopic (exact) mass is 259 g/mol. The van der Waals surface area contributed by atoms with Crippen molar-refractivity contribution < 1.29 is 0 Å². The van der Waals surface area contributed by atoms with Crippen LogP contribution < -0.4 is 5.32 Å². The predicted molar refractivity (Wildman–Crippen MR) is 81.4 cm³/mol. The van der Waals surface area contributed by atoms with Crippen LogP contribution in [-0.4, -0.2) is 13.6 Å². The Bertz CT molecular complexity index is 525. The standard InChI is InChI=1S/C16H21NS/c1-12-7-5-6-8-13(12)14-9-10-15(18-14)16(2,3)11-17-4/h5-10,17H,11H2,1-4H3. The van der Waals surface area contributed by atoms with Gasteiger partial charge in [-0.2, -0.15) is 0 Å². The Morgan fingerprint density at radius 2 is 1.83 bits per heavy atom. The third-order valence-corrected chi connectivity index (χ3v) is 4.79. The molecule has 2 rings (SSSR count). The number of thiophene rings is 1. The van der Waals surface area contributed by atoms with Crippen molar-refractivity contribution in [2.24, 2.45) is 0 Å². The zero-order valence-corrected chi connectivity index (χ0v) is 12.4. The van der Waals surface area contributed by atoms with Gasteiger partial charge in [0.15, 0.2) is 0 Å². The smallest absolute Gasteiger partial charge is 0.0348 e. The number of hydrogen-bond acceptors (Lipinski definition) is 2. The molecule has 0 unspecified atom stereocenters. The Balaban J connectivity index is 2.34. The van der Waals surface area contributed by atoms with Crippen LogP contribution in [0.3, 0.4) is 0 Å². The van der Waals surface area contributed by atoms with Gasteiger partial charge in [-0.25, -0.2) is 0 Å². The van der Waals surface area contributed by atoms with Gasteiger partial charge in [-0.05, 0) is 37.2 Å². The predicted octanol–water partition coefficient (Wildman–Crippen LogP) is 4.22. The molecule has 0 spiro atoms. The summed E-state index contributed by atoms with van der Waals surface area (Å²) in [6, 6.07) is 13.1. The van der Waals surface area contributed by atoms with Gasteiger partial charge in [-0.15, -0.1) is 11.3 Å². The number of nitrogens with one attached hydrogen (secondary N) is 1. The fourth-order valence-corrected chi connectivity index (χ4v) is 3.42. The SMILES string of the molecule is CNCC(C)(C)c1ccc(-c2ccccc2C)s1. The van der Waals surface area contributed by atoms with E-state index < -0.39 is 0 Å². The summed E-state index contributed by atoms with van der Waals surface area (Å²) >= 11 is 1.91. The second-order valence-corrected chi connectivity index (χ2v) is 6.48. The maximum absolute atomic E-state index is 3.27. The van der Waals surface area contributed by atoms with Crippen LogP contribution in [0.4, 0.5) is 0 Å². The molecule has 96 valence electrons. The molecule has 1 aromatic carbocycles. The van der Waals surface area contributed by atoms with Crippen LogP contribution in [-0.2, 0) is 5.41 Å². The molecule has 0 fully saturated rings. The largest absolute Gasteiger partial charge is 0.319 e. The molecule has 2 heteroatoms. The van der Waals surface area contributed by atoms with Gasteiger partial charge in [-0.3, -0.25) is 0 Å². The topological polar surface area (TPSA) is 12.0 Å². The number of aryl methyl sites for hydroxylation is 1. The molecule has 0 amide bonds. The quantitative estimate of drug-likeness (QED) is 0.867. The van der Waals surface area contributed by atoms with Gasteiger partial charge in [0, 0.05) is 21.7 Å². The second kappa shape index (κ2) is 5.25. The van der Waals surface area contributed by atoms with Gasteiger partial charge < -0.3 is 5.32 Å². The highest BCUT2D eigenvalue weighted by atomic mass is 32.1. The van der Waals surface area contributed by atoms with Gasteiger partial charge >= 0.3 is 0 Å². The lowest BCUT2D eigenvalue weighted by atomic mass is 9.91. The minimum atomic E-state index is 0.195. The van der Waals surface area contributed by atoms with Gasteiger partial charge in [0.05, 0.1) is 0 Å². The third kappa shape index (κ3) is 2.65. The Hall–Kier alpha value is -1.12. The molecule has 0 atom stereocenters. The first-order valence-corrected chi connectivity index (χ1v) is 7.17. The van der Waals surface area contributed by atoms with E-state index in [9.17, 15) is 0 Å². The molecule has 2 aromatic rings. The molecule has 0 aliphatic rings. The van der Waals surface area contributed by atoms with E-state index in [0.29, 0.717) is 0 Å². The highest BCUT2D eigenvalue weighted by molar-refractivity contribution is 7.15. The van der Waals surface area contributed by atoms with Crippen LogP contribution in [0.25, 0.3) is 10.4 Å². The average molecular weight is 259 g/mol. The van der Waals surface area contributed by atoms with Gasteiger partial charge in [0.25, 0.3) is 0 Å². The first-order valence-electron chi connectivity index (χ1n) is 6.35. The second-order valence-electron chi connectivity index (χ2n) is 5.39. The highest BCUT2D eigenvalue weighted by Gasteiger charge is 2.22. The summed E-state index contributed by atoms with van der Waals surface area (Å²) in [7, 11) is 2.01. The van der Waals surface area contributed by atoms with Crippen molar-refractivity contribution in [1.82, 2.24) is 5.32 Å². The van der Waals surface area contributed by atoms with Crippen LogP contribution in [0.1, 0.15) is 24.3 Å². The molecule has 1 nitrogen and oxygen atoms in total. The van der Waals surface area contributed by atoms with Crippen molar-refractivity contribution in [3.63, 3.8) is 0 Å². The molecule has 1 heterocycles. The van der Waals surface area contributed by atoms with E-state index in [-0.39, 0.29) is 5.41 Å². The molecule has 1 aromatic heterocycles. The summed E-state index contributed by atoms with van der Waals surface area (Å²) in [5.41, 5.74) is 2.90. The summed E-state index contributed by atoms with van der Waals surface area (Å²) in [4.78, 5) is 2.81. The number of hydrogen-bond donors (Lipinski definition) is 1. The van der Waals surface area contributed by atoms with Crippen molar-refractivity contribution in [2.45, 2.75) is 26.2 Å². The summed E-state index contributed by atoms with van der Waals surface area (Å²) in [6.07, 6.45) is 0. The minimum absolute atomic E-state index is 0.195. The first-order chi connectivity index (χ1) is 8.54. The summed E-state index contributed by atoms with van der Waals surface area (Å²) < 4.78 is 0. The van der Waals surface area contributed by atoms with Gasteiger partial charge in [0.1, 0.15) is 0 Å². The van der Waals surface area contributed by atoms with Crippen molar-refractivity contribution in [3.8, 4) is 10.4 Å². The molecule has 1 N–H and O–H groups in total. The van der Waals surface area contributed by atoms with E-state index in [1.165, 1.54) is 20.9 Å². The molecule has 0 radical (unpaired) electrons. The summed E-state index contributed by atoms with van der Waals surface area (Å²) in [6.45, 7) is 7.75. The average Bonchev–Trinajstić information content (AvgIpc) is 2.79. The lowest BCUT2D eigenvalue weighted by Gasteiger charge is -2.22. The Morgan fingerprint density at radius 1 is 1.11 bits per heavy atom. The Kier molecular flexibility index (Phi) is 3.88. The van der Waals surface area contributed by atoms with E-state index in [0.717, 1.165) is 6.54 Å². The molecule has 0 aliphatic carbocycles. The van der Waals surface area contributed by atoms with Crippen molar-refractivity contribution in [2.75, 3.05) is 13.6 Å². The Labute approximate surface area is 114 Å². The molecule has 0 aliphatic heterocycles. The third-order valence-electron chi connectivity index (χ3n) is 3.30. The zero-order chi connectivity index (χ0) is 13.2. The Morgan fingerprint density at radius 3 is 2.50 bits per heavy atom. The van der Waals surface area contributed by atoms with E-state index in [2.05, 4.69) is 62.5 Å². The number of benzene rings is 1. The lowest BCUT2D eigenvalue weighted by molar-refractivity contribution is 0.503. The number of rotatable bonds is 4. The van der Waals surface area contributed by atoms with Crippen LogP contribution in [0.2, 0.25) is 0 Å². The molecule has 0 saturated heterocycles. The summed E-state index contributed by atoms with van der Waals surface area (Å²) in [5.74, 6) is 0. The van der Waals surface area contributed by atoms with Gasteiger partial charge in [-0.1, -0.05) is 38.1 Å². The van der Waals surface area contributed by atoms with E-state index in [4.69, 9.17) is 0 Å². The lowest BCUT2D eigenvalue weighted by Crippen LogP contribution is -2.29. The van der Waals surface area contributed by atoms with Crippen LogP contribution >= 0.6 is 11.3 Å². The first kappa shape index (κ1) is 13.3. The van der Waals surface area contributed by atoms with Crippen LogP contribution in [0.15, 0.2) is 36.4 Å². The highest BCUT2D eigenvalue weighted by Crippen LogP contribution is 2.36. The maximum atomic E-state index is 3.27. The van der Waals surface area contributed by atoms with E-state index in [1.54, 1.807) is 0 Å². The van der Waals surface area contributed by atoms with Crippen molar-refractivity contribution >= 4 is 11.3 Å². The molecular weight excluding hydrogens is 238 g/mol. The molecule has 0 bridgehead atoms. The molecule has 18 heavy (non-hydrogen) atoms. The van der Waals surface area contributed by atoms with E-state index in [1.807, 2.05) is 18.4 Å². The normalized spacial score (nSPS) is 11.8.